The zero-order chi connectivity index (χ0) is 24.7. The van der Waals surface area contributed by atoms with Gasteiger partial charge in [0.25, 0.3) is 0 Å². The van der Waals surface area contributed by atoms with Gasteiger partial charge in [0.05, 0.1) is 11.8 Å². The summed E-state index contributed by atoms with van der Waals surface area (Å²) in [5.41, 5.74) is 4.35. The van der Waals surface area contributed by atoms with Crippen LogP contribution in [0.15, 0.2) is 108 Å². The van der Waals surface area contributed by atoms with E-state index in [0.717, 1.165) is 11.3 Å². The molecule has 0 fully saturated rings. The van der Waals surface area contributed by atoms with E-state index in [1.165, 1.54) is 17.3 Å². The van der Waals surface area contributed by atoms with Gasteiger partial charge < -0.3 is 14.7 Å². The minimum Gasteiger partial charge on any atom is -0.489 e. The van der Waals surface area contributed by atoms with Gasteiger partial charge in [-0.2, -0.15) is 0 Å². The van der Waals surface area contributed by atoms with Crippen LogP contribution in [0.4, 0.5) is 0 Å². The van der Waals surface area contributed by atoms with Crippen molar-refractivity contribution in [2.75, 3.05) is 0 Å². The number of carbonyl (C=O) groups is 1. The molecule has 0 radical (unpaired) electrons. The minimum atomic E-state index is -0.456. The van der Waals surface area contributed by atoms with Crippen LogP contribution in [0.25, 0.3) is 0 Å². The molecule has 0 saturated carbocycles. The van der Waals surface area contributed by atoms with Gasteiger partial charge in [0.15, 0.2) is 0 Å². The summed E-state index contributed by atoms with van der Waals surface area (Å²) in [4.78, 5) is 12.6. The molecule has 35 heavy (non-hydrogen) atoms. The molecule has 0 aliphatic rings. The first kappa shape index (κ1) is 23.8. The Morgan fingerprint density at radius 3 is 2.17 bits per heavy atom. The predicted molar refractivity (Wildman–Crippen MR) is 137 cm³/mol. The molecule has 4 rings (SSSR count). The van der Waals surface area contributed by atoms with Crippen LogP contribution in [0, 0.1) is 0 Å². The van der Waals surface area contributed by atoms with Gasteiger partial charge in [0.1, 0.15) is 18.1 Å². The first-order valence-corrected chi connectivity index (χ1v) is 11.3. The highest BCUT2D eigenvalue weighted by atomic mass is 16.5. The number of carbonyl (C=O) groups excluding carboxylic acids is 1. The summed E-state index contributed by atoms with van der Waals surface area (Å²) in [6, 6.07) is 32.4. The predicted octanol–water partition coefficient (Wildman–Crippen LogP) is 6.62. The Morgan fingerprint density at radius 2 is 1.49 bits per heavy atom. The Labute approximate surface area is 205 Å². The van der Waals surface area contributed by atoms with Crippen LogP contribution in [0.2, 0.25) is 0 Å². The lowest BCUT2D eigenvalue weighted by Crippen LogP contribution is -2.18. The minimum absolute atomic E-state index is 0.110. The van der Waals surface area contributed by atoms with Gasteiger partial charge in [0, 0.05) is 5.41 Å². The van der Waals surface area contributed by atoms with Crippen LogP contribution in [-0.2, 0) is 12.0 Å². The van der Waals surface area contributed by atoms with Crippen LogP contribution < -0.4 is 9.47 Å². The quantitative estimate of drug-likeness (QED) is 0.104. The first-order valence-electron chi connectivity index (χ1n) is 11.3. The van der Waals surface area contributed by atoms with Crippen molar-refractivity contribution in [1.29, 1.82) is 0 Å². The fraction of sp³-hybridized carbons (Fsp3) is 0.133. The van der Waals surface area contributed by atoms with Crippen molar-refractivity contribution in [1.82, 2.24) is 0 Å². The number of rotatable bonds is 8. The molecular formula is C30H27NO4. The van der Waals surface area contributed by atoms with E-state index in [1.54, 1.807) is 36.4 Å². The van der Waals surface area contributed by atoms with E-state index in [1.807, 2.05) is 30.3 Å². The molecule has 5 nitrogen and oxygen atoms in total. The highest BCUT2D eigenvalue weighted by Gasteiger charge is 2.22. The van der Waals surface area contributed by atoms with Crippen LogP contribution >= 0.6 is 0 Å². The Hall–Kier alpha value is -4.38. The van der Waals surface area contributed by atoms with Crippen molar-refractivity contribution < 1.29 is 19.5 Å². The molecule has 4 aromatic carbocycles. The molecule has 0 heterocycles. The maximum atomic E-state index is 12.6. The van der Waals surface area contributed by atoms with Crippen LogP contribution in [0.3, 0.4) is 0 Å². The number of nitrogens with zero attached hydrogens (tertiary/aromatic N) is 1. The van der Waals surface area contributed by atoms with Gasteiger partial charge >= 0.3 is 5.97 Å². The molecule has 5 heteroatoms. The molecule has 0 atom stereocenters. The molecule has 0 unspecified atom stereocenters. The number of hydrogen-bond donors (Lipinski definition) is 1. The van der Waals surface area contributed by atoms with Crippen molar-refractivity contribution in [3.8, 4) is 11.5 Å². The molecule has 176 valence electrons. The fourth-order valence-corrected chi connectivity index (χ4v) is 3.80. The van der Waals surface area contributed by atoms with Gasteiger partial charge in [0.2, 0.25) is 0 Å². The van der Waals surface area contributed by atoms with E-state index in [2.05, 4.69) is 55.4 Å². The maximum Gasteiger partial charge on any atom is 0.343 e. The van der Waals surface area contributed by atoms with Gasteiger partial charge in [-0.1, -0.05) is 73.6 Å². The van der Waals surface area contributed by atoms with Gasteiger partial charge in [-0.15, -0.1) is 0 Å². The van der Waals surface area contributed by atoms with Crippen molar-refractivity contribution >= 4 is 12.2 Å². The maximum absolute atomic E-state index is 12.6. The summed E-state index contributed by atoms with van der Waals surface area (Å²) in [6.07, 6.45) is 1.30. The third-order valence-corrected chi connectivity index (χ3v) is 5.94. The number of oxime groups is 1. The molecule has 0 aliphatic heterocycles. The molecule has 0 bridgehead atoms. The molecule has 0 amide bonds. The smallest absolute Gasteiger partial charge is 0.343 e. The van der Waals surface area contributed by atoms with Crippen LogP contribution in [-0.4, -0.2) is 17.4 Å². The largest absolute Gasteiger partial charge is 0.489 e. The Balaban J connectivity index is 1.38. The Bertz CT molecular complexity index is 1290. The Kier molecular flexibility index (Phi) is 7.27. The molecule has 1 N–H and O–H groups in total. The summed E-state index contributed by atoms with van der Waals surface area (Å²) in [5.74, 6) is 0.713. The standard InChI is InChI=1S/C30H27NO4/c1-30(2,25-9-4-3-5-10-25)26-13-17-27(18-14-26)34-21-23-7-6-8-24(19-23)29(32)35-28-15-11-22(12-16-28)20-31-33/h3-20,33H,21H2,1-2H3. The number of hydrogen-bond acceptors (Lipinski definition) is 5. The van der Waals surface area contributed by atoms with Crippen LogP contribution in [0.1, 0.15) is 46.5 Å². The number of esters is 1. The highest BCUT2D eigenvalue weighted by Crippen LogP contribution is 2.32. The summed E-state index contributed by atoms with van der Waals surface area (Å²) in [5, 5.41) is 11.6. The zero-order valence-electron chi connectivity index (χ0n) is 19.7. The first-order chi connectivity index (χ1) is 17.0. The number of benzene rings is 4. The molecule has 0 aliphatic carbocycles. The summed E-state index contributed by atoms with van der Waals surface area (Å²) in [7, 11) is 0. The number of ether oxygens (including phenoxy) is 2. The summed E-state index contributed by atoms with van der Waals surface area (Å²) < 4.78 is 11.4. The van der Waals surface area contributed by atoms with E-state index in [9.17, 15) is 4.79 Å². The van der Waals surface area contributed by atoms with Gasteiger partial charge in [-0.25, -0.2) is 4.79 Å². The lowest BCUT2D eigenvalue weighted by Gasteiger charge is -2.26. The molecule has 4 aromatic rings. The third kappa shape index (κ3) is 5.95. The monoisotopic (exact) mass is 465 g/mol. The third-order valence-electron chi connectivity index (χ3n) is 5.94. The van der Waals surface area contributed by atoms with Crippen molar-refractivity contribution in [3.05, 3.63) is 131 Å². The molecular weight excluding hydrogens is 438 g/mol. The normalized spacial score (nSPS) is 11.4. The van der Waals surface area contributed by atoms with Crippen molar-refractivity contribution in [2.24, 2.45) is 5.16 Å². The fourth-order valence-electron chi connectivity index (χ4n) is 3.80. The highest BCUT2D eigenvalue weighted by molar-refractivity contribution is 5.91. The lowest BCUT2D eigenvalue weighted by molar-refractivity contribution is 0.0734. The van der Waals surface area contributed by atoms with E-state index in [4.69, 9.17) is 14.7 Å². The van der Waals surface area contributed by atoms with E-state index < -0.39 is 5.97 Å². The average Bonchev–Trinajstić information content (AvgIpc) is 2.90. The van der Waals surface area contributed by atoms with Gasteiger partial charge in [-0.05, 0) is 70.8 Å². The van der Waals surface area contributed by atoms with E-state index in [-0.39, 0.29) is 5.41 Å². The zero-order valence-corrected chi connectivity index (χ0v) is 19.7. The lowest BCUT2D eigenvalue weighted by atomic mass is 9.78. The second-order valence-corrected chi connectivity index (χ2v) is 8.71. The summed E-state index contributed by atoms with van der Waals surface area (Å²) in [6.45, 7) is 4.75. The second kappa shape index (κ2) is 10.7. The van der Waals surface area contributed by atoms with E-state index in [0.29, 0.717) is 23.5 Å². The molecule has 0 aromatic heterocycles. The van der Waals surface area contributed by atoms with Gasteiger partial charge in [-0.3, -0.25) is 0 Å². The molecule has 0 saturated heterocycles. The van der Waals surface area contributed by atoms with Crippen molar-refractivity contribution in [3.63, 3.8) is 0 Å². The van der Waals surface area contributed by atoms with E-state index >= 15 is 0 Å². The van der Waals surface area contributed by atoms with Crippen LogP contribution in [0.5, 0.6) is 11.5 Å². The second-order valence-electron chi connectivity index (χ2n) is 8.71. The average molecular weight is 466 g/mol. The SMILES string of the molecule is CC(C)(c1ccccc1)c1ccc(OCc2cccc(C(=O)Oc3ccc(C=NO)cc3)c2)cc1. The topological polar surface area (TPSA) is 68.1 Å². The molecule has 0 spiro atoms. The van der Waals surface area contributed by atoms with Crippen molar-refractivity contribution in [2.45, 2.75) is 25.9 Å². The Morgan fingerprint density at radius 1 is 0.829 bits per heavy atom. The summed E-state index contributed by atoms with van der Waals surface area (Å²) >= 11 is 0.